The van der Waals surface area contributed by atoms with Gasteiger partial charge in [-0.05, 0) is 51.4 Å². The van der Waals surface area contributed by atoms with Crippen LogP contribution in [0.3, 0.4) is 0 Å². The number of pyridine rings is 1. The molecule has 1 aromatic carbocycles. The van der Waals surface area contributed by atoms with E-state index in [-0.39, 0.29) is 18.3 Å². The van der Waals surface area contributed by atoms with Crippen molar-refractivity contribution in [2.45, 2.75) is 38.9 Å². The van der Waals surface area contributed by atoms with Gasteiger partial charge in [-0.2, -0.15) is 0 Å². The number of aryl methyl sites for hydroxylation is 1. The predicted octanol–water partition coefficient (Wildman–Crippen LogP) is 3.54. The van der Waals surface area contributed by atoms with Crippen LogP contribution in [-0.2, 0) is 16.4 Å². The molecule has 1 aliphatic rings. The molecule has 1 aliphatic heterocycles. The quantitative estimate of drug-likeness (QED) is 0.673. The Morgan fingerprint density at radius 3 is 2.36 bits per heavy atom. The topological polar surface area (TPSA) is 36.3 Å². The van der Waals surface area contributed by atoms with Crippen LogP contribution < -0.4 is 5.46 Å². The molecule has 0 atom stereocenters. The van der Waals surface area contributed by atoms with Gasteiger partial charge >= 0.3 is 7.12 Å². The number of rotatable bonds is 2. The van der Waals surface area contributed by atoms with Crippen LogP contribution in [0.25, 0.3) is 22.2 Å². The van der Waals surface area contributed by atoms with E-state index in [2.05, 4.69) is 68.7 Å². The second-order valence-corrected chi connectivity index (χ2v) is 7.73. The van der Waals surface area contributed by atoms with Crippen molar-refractivity contribution >= 4 is 23.5 Å². The predicted molar refractivity (Wildman–Crippen MR) is 102 cm³/mol. The number of benzene rings is 1. The summed E-state index contributed by atoms with van der Waals surface area (Å²) in [5.74, 6) is 0. The molecule has 4 rings (SSSR count). The minimum absolute atomic E-state index is 0.340. The number of hydrogen-bond acceptors (Lipinski definition) is 3. The highest BCUT2D eigenvalue weighted by molar-refractivity contribution is 6.62. The summed E-state index contributed by atoms with van der Waals surface area (Å²) in [7, 11) is 1.70. The molecule has 1 saturated heterocycles. The maximum absolute atomic E-state index is 6.21. The summed E-state index contributed by atoms with van der Waals surface area (Å²) in [5.41, 5.74) is 3.62. The van der Waals surface area contributed by atoms with Crippen molar-refractivity contribution in [2.24, 2.45) is 7.05 Å². The van der Waals surface area contributed by atoms with Crippen molar-refractivity contribution in [3.05, 3.63) is 48.8 Å². The summed E-state index contributed by atoms with van der Waals surface area (Å²) in [5, 5.41) is 1.16. The summed E-state index contributed by atoms with van der Waals surface area (Å²) in [4.78, 5) is 4.51. The molecule has 3 aromatic rings. The van der Waals surface area contributed by atoms with Gasteiger partial charge in [0.25, 0.3) is 0 Å². The SMILES string of the molecule is Cn1cc(-c2ccccn2)c2cc(B3OC(C)(C)C(C)(C)O3)ccc21. The van der Waals surface area contributed by atoms with Crippen LogP contribution in [0.5, 0.6) is 0 Å². The molecule has 0 unspecified atom stereocenters. The van der Waals surface area contributed by atoms with Gasteiger partial charge in [-0.15, -0.1) is 0 Å². The van der Waals surface area contributed by atoms with Crippen molar-refractivity contribution in [1.29, 1.82) is 0 Å². The van der Waals surface area contributed by atoms with Crippen LogP contribution in [0.2, 0.25) is 0 Å². The molecule has 0 bridgehead atoms. The van der Waals surface area contributed by atoms with Gasteiger partial charge in [0.1, 0.15) is 0 Å². The minimum atomic E-state index is -0.355. The normalized spacial score (nSPS) is 18.8. The molecule has 0 saturated carbocycles. The molecule has 1 fully saturated rings. The molecular formula is C20H23BN2O2. The Hall–Kier alpha value is -2.11. The van der Waals surface area contributed by atoms with E-state index >= 15 is 0 Å². The van der Waals surface area contributed by atoms with E-state index < -0.39 is 0 Å². The Morgan fingerprint density at radius 1 is 1.00 bits per heavy atom. The first-order valence-electron chi connectivity index (χ1n) is 8.64. The third-order valence-corrected chi connectivity index (χ3v) is 5.48. The average Bonchev–Trinajstić information content (AvgIpc) is 3.01. The monoisotopic (exact) mass is 334 g/mol. The fourth-order valence-corrected chi connectivity index (χ4v) is 3.26. The number of nitrogens with zero attached hydrogens (tertiary/aromatic N) is 2. The Morgan fingerprint density at radius 2 is 1.72 bits per heavy atom. The van der Waals surface area contributed by atoms with E-state index in [9.17, 15) is 0 Å². The van der Waals surface area contributed by atoms with Crippen LogP contribution >= 0.6 is 0 Å². The summed E-state index contributed by atoms with van der Waals surface area (Å²) < 4.78 is 14.5. The number of fused-ring (bicyclic) bond motifs is 1. The number of hydrogen-bond donors (Lipinski definition) is 0. The van der Waals surface area contributed by atoms with Crippen LogP contribution in [0.4, 0.5) is 0 Å². The van der Waals surface area contributed by atoms with Gasteiger partial charge in [0, 0.05) is 35.9 Å². The van der Waals surface area contributed by atoms with E-state index in [0.717, 1.165) is 22.1 Å². The van der Waals surface area contributed by atoms with Gasteiger partial charge in [0.15, 0.2) is 0 Å². The molecule has 128 valence electrons. The third-order valence-electron chi connectivity index (χ3n) is 5.48. The lowest BCUT2D eigenvalue weighted by molar-refractivity contribution is 0.00578. The van der Waals surface area contributed by atoms with Gasteiger partial charge in [-0.1, -0.05) is 18.2 Å². The zero-order valence-electron chi connectivity index (χ0n) is 15.4. The van der Waals surface area contributed by atoms with Crippen molar-refractivity contribution in [3.63, 3.8) is 0 Å². The van der Waals surface area contributed by atoms with Crippen molar-refractivity contribution in [3.8, 4) is 11.3 Å². The first kappa shape index (κ1) is 16.4. The summed E-state index contributed by atoms with van der Waals surface area (Å²) in [6.45, 7) is 8.31. The van der Waals surface area contributed by atoms with Crippen molar-refractivity contribution in [1.82, 2.24) is 9.55 Å². The highest BCUT2D eigenvalue weighted by Crippen LogP contribution is 2.37. The smallest absolute Gasteiger partial charge is 0.399 e. The second-order valence-electron chi connectivity index (χ2n) is 7.73. The molecule has 25 heavy (non-hydrogen) atoms. The molecule has 0 amide bonds. The fraction of sp³-hybridized carbons (Fsp3) is 0.350. The minimum Gasteiger partial charge on any atom is -0.399 e. The van der Waals surface area contributed by atoms with Crippen LogP contribution in [0, 0.1) is 0 Å². The molecular weight excluding hydrogens is 311 g/mol. The van der Waals surface area contributed by atoms with Crippen LogP contribution in [0.15, 0.2) is 48.8 Å². The summed E-state index contributed by atoms with van der Waals surface area (Å²) in [6, 6.07) is 12.4. The first-order valence-corrected chi connectivity index (χ1v) is 8.64. The van der Waals surface area contributed by atoms with Crippen molar-refractivity contribution < 1.29 is 9.31 Å². The van der Waals surface area contributed by atoms with Crippen molar-refractivity contribution in [2.75, 3.05) is 0 Å². The molecule has 5 heteroatoms. The maximum atomic E-state index is 6.21. The standard InChI is InChI=1S/C20H23BN2O2/c1-19(2)20(3,4)25-21(24-19)14-9-10-18-15(12-14)16(13-23(18)5)17-8-6-7-11-22-17/h6-13H,1-5H3. The second kappa shape index (κ2) is 5.45. The molecule has 0 radical (unpaired) electrons. The zero-order chi connectivity index (χ0) is 17.8. The molecule has 3 heterocycles. The molecule has 0 N–H and O–H groups in total. The molecule has 0 aliphatic carbocycles. The lowest BCUT2D eigenvalue weighted by Crippen LogP contribution is -2.41. The summed E-state index contributed by atoms with van der Waals surface area (Å²) >= 11 is 0. The molecule has 2 aromatic heterocycles. The highest BCUT2D eigenvalue weighted by Gasteiger charge is 2.51. The lowest BCUT2D eigenvalue weighted by Gasteiger charge is -2.32. The largest absolute Gasteiger partial charge is 0.494 e. The van der Waals surface area contributed by atoms with Gasteiger partial charge in [0.2, 0.25) is 0 Å². The molecule has 4 nitrogen and oxygen atoms in total. The zero-order valence-corrected chi connectivity index (χ0v) is 15.4. The van der Waals surface area contributed by atoms with E-state index in [1.165, 1.54) is 5.52 Å². The highest BCUT2D eigenvalue weighted by atomic mass is 16.7. The first-order chi connectivity index (χ1) is 11.8. The molecule has 0 spiro atoms. The Labute approximate surface area is 148 Å². The Balaban J connectivity index is 1.81. The van der Waals surface area contributed by atoms with Gasteiger partial charge in [0.05, 0.1) is 16.9 Å². The van der Waals surface area contributed by atoms with Crippen LogP contribution in [0.1, 0.15) is 27.7 Å². The average molecular weight is 334 g/mol. The lowest BCUT2D eigenvalue weighted by atomic mass is 9.78. The van der Waals surface area contributed by atoms with Gasteiger partial charge < -0.3 is 13.9 Å². The fourth-order valence-electron chi connectivity index (χ4n) is 3.26. The van der Waals surface area contributed by atoms with E-state index in [1.54, 1.807) is 0 Å². The Bertz CT molecular complexity index is 916. The maximum Gasteiger partial charge on any atom is 0.494 e. The van der Waals surface area contributed by atoms with Gasteiger partial charge in [-0.25, -0.2) is 0 Å². The van der Waals surface area contributed by atoms with E-state index in [0.29, 0.717) is 0 Å². The number of aromatic nitrogens is 2. The van der Waals surface area contributed by atoms with E-state index in [4.69, 9.17) is 9.31 Å². The van der Waals surface area contributed by atoms with Gasteiger partial charge in [-0.3, -0.25) is 4.98 Å². The van der Waals surface area contributed by atoms with E-state index in [1.807, 2.05) is 24.4 Å². The third kappa shape index (κ3) is 2.59. The Kier molecular flexibility index (Phi) is 3.57. The van der Waals surface area contributed by atoms with Crippen LogP contribution in [-0.4, -0.2) is 27.9 Å². The summed E-state index contributed by atoms with van der Waals surface area (Å²) in [6.07, 6.45) is 3.95.